The van der Waals surface area contributed by atoms with E-state index in [1.54, 1.807) is 4.90 Å². The van der Waals surface area contributed by atoms with Crippen molar-refractivity contribution in [3.8, 4) is 0 Å². The Morgan fingerprint density at radius 2 is 1.89 bits per heavy atom. The van der Waals surface area contributed by atoms with Crippen molar-refractivity contribution in [1.29, 1.82) is 0 Å². The number of rotatable bonds is 5. The zero-order valence-corrected chi connectivity index (χ0v) is 10.5. The van der Waals surface area contributed by atoms with Crippen molar-refractivity contribution in [3.05, 3.63) is 35.4 Å². The van der Waals surface area contributed by atoms with Crippen LogP contribution in [0.15, 0.2) is 24.3 Å². The Hall–Kier alpha value is -2.08. The highest BCUT2D eigenvalue weighted by Crippen LogP contribution is 2.21. The number of carbonyl (C=O) groups is 2. The van der Waals surface area contributed by atoms with E-state index >= 15 is 0 Å². The Morgan fingerprint density at radius 1 is 1.26 bits per heavy atom. The van der Waals surface area contributed by atoms with E-state index in [0.717, 1.165) is 0 Å². The maximum atomic E-state index is 11.9. The van der Waals surface area contributed by atoms with Crippen LogP contribution in [0.3, 0.4) is 0 Å². The zero-order valence-electron chi connectivity index (χ0n) is 10.5. The molecule has 0 bridgehead atoms. The summed E-state index contributed by atoms with van der Waals surface area (Å²) in [5, 5.41) is 11.1. The molecule has 102 valence electrons. The first kappa shape index (κ1) is 13.4. The Kier molecular flexibility index (Phi) is 4.35. The molecule has 0 atom stereocenters. The van der Waals surface area contributed by atoms with Crippen LogP contribution in [0.1, 0.15) is 11.1 Å². The van der Waals surface area contributed by atoms with Crippen molar-refractivity contribution in [3.63, 3.8) is 0 Å². The summed E-state index contributed by atoms with van der Waals surface area (Å²) in [6.45, 7) is 1.37. The van der Waals surface area contributed by atoms with Gasteiger partial charge in [-0.1, -0.05) is 24.3 Å². The quantitative estimate of drug-likeness (QED) is 0.771. The van der Waals surface area contributed by atoms with Gasteiger partial charge in [0, 0.05) is 19.6 Å². The summed E-state index contributed by atoms with van der Waals surface area (Å²) >= 11 is 0. The molecule has 0 aromatic heterocycles. The van der Waals surface area contributed by atoms with Crippen molar-refractivity contribution >= 4 is 12.0 Å². The van der Waals surface area contributed by atoms with Gasteiger partial charge in [0.25, 0.3) is 0 Å². The van der Waals surface area contributed by atoms with Gasteiger partial charge in [0.2, 0.25) is 0 Å². The van der Waals surface area contributed by atoms with E-state index in [2.05, 4.69) is 5.32 Å². The molecule has 1 aromatic rings. The monoisotopic (exact) mass is 264 g/mol. The summed E-state index contributed by atoms with van der Waals surface area (Å²) in [5.74, 6) is -1.01. The van der Waals surface area contributed by atoms with Crippen LogP contribution in [0.5, 0.6) is 0 Å². The van der Waals surface area contributed by atoms with E-state index in [0.29, 0.717) is 19.6 Å². The first-order valence-corrected chi connectivity index (χ1v) is 6.06. The van der Waals surface area contributed by atoms with Gasteiger partial charge < -0.3 is 20.1 Å². The van der Waals surface area contributed by atoms with E-state index in [4.69, 9.17) is 9.84 Å². The minimum atomic E-state index is -1.01. The molecule has 0 spiro atoms. The summed E-state index contributed by atoms with van der Waals surface area (Å²) < 4.78 is 4.84. The molecule has 6 nitrogen and oxygen atoms in total. The van der Waals surface area contributed by atoms with Crippen molar-refractivity contribution in [1.82, 2.24) is 10.2 Å². The SMILES string of the molecule is O=C(O)COCCNC(=O)N1Cc2ccccc2C1. The molecular weight excluding hydrogens is 248 g/mol. The second kappa shape index (κ2) is 6.19. The lowest BCUT2D eigenvalue weighted by Gasteiger charge is -2.16. The van der Waals surface area contributed by atoms with E-state index in [1.807, 2.05) is 24.3 Å². The van der Waals surface area contributed by atoms with Crippen LogP contribution in [-0.2, 0) is 22.6 Å². The summed E-state index contributed by atoms with van der Waals surface area (Å²) in [4.78, 5) is 23.8. The number of nitrogens with zero attached hydrogens (tertiary/aromatic N) is 1. The second-order valence-electron chi connectivity index (χ2n) is 4.30. The minimum absolute atomic E-state index is 0.157. The average Bonchev–Trinajstić information content (AvgIpc) is 2.81. The van der Waals surface area contributed by atoms with E-state index in [1.165, 1.54) is 11.1 Å². The minimum Gasteiger partial charge on any atom is -0.480 e. The fourth-order valence-corrected chi connectivity index (χ4v) is 1.98. The molecule has 19 heavy (non-hydrogen) atoms. The van der Waals surface area contributed by atoms with Gasteiger partial charge in [-0.15, -0.1) is 0 Å². The lowest BCUT2D eigenvalue weighted by molar-refractivity contribution is -0.142. The smallest absolute Gasteiger partial charge is 0.329 e. The number of hydrogen-bond acceptors (Lipinski definition) is 3. The molecule has 1 heterocycles. The van der Waals surface area contributed by atoms with Crippen LogP contribution in [0.25, 0.3) is 0 Å². The van der Waals surface area contributed by atoms with E-state index in [9.17, 15) is 9.59 Å². The first-order chi connectivity index (χ1) is 9.16. The number of urea groups is 1. The second-order valence-corrected chi connectivity index (χ2v) is 4.30. The largest absolute Gasteiger partial charge is 0.480 e. The molecule has 0 saturated carbocycles. The van der Waals surface area contributed by atoms with E-state index < -0.39 is 5.97 Å². The van der Waals surface area contributed by atoms with Gasteiger partial charge >= 0.3 is 12.0 Å². The van der Waals surface area contributed by atoms with Crippen LogP contribution in [0.4, 0.5) is 4.79 Å². The summed E-state index contributed by atoms with van der Waals surface area (Å²) in [6.07, 6.45) is 0. The number of benzene rings is 1. The Labute approximate surface area is 111 Å². The molecule has 2 rings (SSSR count). The highest BCUT2D eigenvalue weighted by molar-refractivity contribution is 5.75. The molecule has 0 saturated heterocycles. The summed E-state index contributed by atoms with van der Waals surface area (Å²) in [6, 6.07) is 7.78. The van der Waals surface area contributed by atoms with E-state index in [-0.39, 0.29) is 19.2 Å². The Balaban J connectivity index is 1.70. The van der Waals surface area contributed by atoms with Crippen LogP contribution in [-0.4, -0.2) is 41.8 Å². The third-order valence-corrected chi connectivity index (χ3v) is 2.88. The van der Waals surface area contributed by atoms with Gasteiger partial charge in [0.15, 0.2) is 0 Å². The van der Waals surface area contributed by atoms with Crippen molar-refractivity contribution in [2.75, 3.05) is 19.8 Å². The molecule has 6 heteroatoms. The fraction of sp³-hybridized carbons (Fsp3) is 0.385. The lowest BCUT2D eigenvalue weighted by atomic mass is 10.1. The number of carboxylic acids is 1. The standard InChI is InChI=1S/C13H16N2O4/c16-12(17)9-19-6-5-14-13(18)15-7-10-3-1-2-4-11(10)8-15/h1-4H,5-9H2,(H,14,18)(H,16,17). The van der Waals surface area contributed by atoms with Gasteiger partial charge in [0.05, 0.1) is 6.61 Å². The highest BCUT2D eigenvalue weighted by atomic mass is 16.5. The maximum Gasteiger partial charge on any atom is 0.329 e. The highest BCUT2D eigenvalue weighted by Gasteiger charge is 2.22. The molecule has 0 unspecified atom stereocenters. The van der Waals surface area contributed by atoms with Crippen molar-refractivity contribution in [2.24, 2.45) is 0 Å². The van der Waals surface area contributed by atoms with Crippen LogP contribution in [0.2, 0.25) is 0 Å². The normalized spacial score (nSPS) is 13.2. The van der Waals surface area contributed by atoms with Gasteiger partial charge in [0.1, 0.15) is 6.61 Å². The van der Waals surface area contributed by atoms with Gasteiger partial charge in [-0.25, -0.2) is 9.59 Å². The van der Waals surface area contributed by atoms with Gasteiger partial charge in [-0.3, -0.25) is 0 Å². The number of aliphatic carboxylic acids is 1. The Bertz CT molecular complexity index is 450. The molecule has 1 aromatic carbocycles. The number of ether oxygens (including phenoxy) is 1. The van der Waals surface area contributed by atoms with Crippen LogP contribution in [0, 0.1) is 0 Å². The average molecular weight is 264 g/mol. The number of hydrogen-bond donors (Lipinski definition) is 2. The molecule has 0 aliphatic carbocycles. The van der Waals surface area contributed by atoms with Gasteiger partial charge in [-0.2, -0.15) is 0 Å². The lowest BCUT2D eigenvalue weighted by Crippen LogP contribution is -2.38. The van der Waals surface area contributed by atoms with Gasteiger partial charge in [-0.05, 0) is 11.1 Å². The maximum absolute atomic E-state index is 11.9. The summed E-state index contributed by atoms with van der Waals surface area (Å²) in [7, 11) is 0. The van der Waals surface area contributed by atoms with Crippen LogP contribution < -0.4 is 5.32 Å². The third-order valence-electron chi connectivity index (χ3n) is 2.88. The third kappa shape index (κ3) is 3.69. The first-order valence-electron chi connectivity index (χ1n) is 6.06. The van der Waals surface area contributed by atoms with Crippen LogP contribution >= 0.6 is 0 Å². The summed E-state index contributed by atoms with van der Waals surface area (Å²) in [5.41, 5.74) is 2.33. The molecule has 2 amide bonds. The zero-order chi connectivity index (χ0) is 13.7. The predicted molar refractivity (Wildman–Crippen MR) is 67.5 cm³/mol. The topological polar surface area (TPSA) is 78.9 Å². The number of amides is 2. The molecule has 0 radical (unpaired) electrons. The Morgan fingerprint density at radius 3 is 2.47 bits per heavy atom. The molecule has 1 aliphatic heterocycles. The predicted octanol–water partition coefficient (Wildman–Crippen LogP) is 0.813. The number of fused-ring (bicyclic) bond motifs is 1. The van der Waals surface area contributed by atoms with Crippen molar-refractivity contribution in [2.45, 2.75) is 13.1 Å². The molecule has 2 N–H and O–H groups in total. The molecule has 0 fully saturated rings. The molecular formula is C13H16N2O4. The fourth-order valence-electron chi connectivity index (χ4n) is 1.98. The number of carboxylic acid groups (broad SMARTS) is 1. The number of nitrogens with one attached hydrogen (secondary N) is 1. The van der Waals surface area contributed by atoms with Crippen molar-refractivity contribution < 1.29 is 19.4 Å². The molecule has 1 aliphatic rings. The number of carbonyl (C=O) groups excluding carboxylic acids is 1.